The van der Waals surface area contributed by atoms with E-state index in [0.717, 1.165) is 51.1 Å². The second-order valence-corrected chi connectivity index (χ2v) is 6.79. The molecule has 138 valence electrons. The van der Waals surface area contributed by atoms with Gasteiger partial charge < -0.3 is 15.0 Å². The summed E-state index contributed by atoms with van der Waals surface area (Å²) in [5.74, 6) is 0.960. The predicted molar refractivity (Wildman–Crippen MR) is 112 cm³/mol. The molecular weight excluding hydrogens is 344 g/mol. The standard InChI is InChI=1S/C22H26N2O.ClH/c1-2-3-15-25-17-9-7-16(8-10-17)18-5-4-6-21-22(18)19-11-13-23-14-12-20(19)24-21;/h4-10,23-24H,2-3,11-15H2,1H3;1H. The zero-order chi connectivity index (χ0) is 17.1. The fraction of sp³-hybridized carbons (Fsp3) is 0.364. The lowest BCUT2D eigenvalue weighted by molar-refractivity contribution is 0.309. The number of unbranched alkanes of at least 4 members (excludes halogenated alkanes) is 1. The summed E-state index contributed by atoms with van der Waals surface area (Å²) in [5, 5.41) is 4.89. The summed E-state index contributed by atoms with van der Waals surface area (Å²) in [6, 6.07) is 15.1. The predicted octanol–water partition coefficient (Wildman–Crippen LogP) is 5.12. The van der Waals surface area contributed by atoms with Gasteiger partial charge >= 0.3 is 0 Å². The van der Waals surface area contributed by atoms with Crippen LogP contribution in [-0.4, -0.2) is 24.7 Å². The van der Waals surface area contributed by atoms with E-state index in [1.54, 1.807) is 0 Å². The van der Waals surface area contributed by atoms with Gasteiger partial charge in [0.25, 0.3) is 0 Å². The van der Waals surface area contributed by atoms with Gasteiger partial charge in [-0.05, 0) is 54.3 Å². The third-order valence-electron chi connectivity index (χ3n) is 5.05. The van der Waals surface area contributed by atoms with Gasteiger partial charge in [0.2, 0.25) is 0 Å². The second-order valence-electron chi connectivity index (χ2n) is 6.79. The van der Waals surface area contributed by atoms with Gasteiger partial charge in [0, 0.05) is 29.6 Å². The van der Waals surface area contributed by atoms with Gasteiger partial charge in [-0.2, -0.15) is 0 Å². The molecule has 2 N–H and O–H groups in total. The quantitative estimate of drug-likeness (QED) is 0.611. The van der Waals surface area contributed by atoms with E-state index in [4.69, 9.17) is 4.74 Å². The molecule has 4 heteroatoms. The first-order chi connectivity index (χ1) is 12.4. The van der Waals surface area contributed by atoms with Gasteiger partial charge in [-0.3, -0.25) is 0 Å². The lowest BCUT2D eigenvalue weighted by Crippen LogP contribution is -2.16. The van der Waals surface area contributed by atoms with Crippen LogP contribution in [0.25, 0.3) is 22.0 Å². The molecule has 0 saturated heterocycles. The van der Waals surface area contributed by atoms with Gasteiger partial charge in [-0.15, -0.1) is 12.4 Å². The monoisotopic (exact) mass is 370 g/mol. The van der Waals surface area contributed by atoms with E-state index < -0.39 is 0 Å². The number of hydrogen-bond donors (Lipinski definition) is 2. The third-order valence-corrected chi connectivity index (χ3v) is 5.05. The molecule has 26 heavy (non-hydrogen) atoms. The van der Waals surface area contributed by atoms with Crippen molar-refractivity contribution in [3.05, 3.63) is 53.7 Å². The number of ether oxygens (including phenoxy) is 1. The molecule has 0 atom stereocenters. The summed E-state index contributed by atoms with van der Waals surface area (Å²) >= 11 is 0. The Balaban J connectivity index is 0.00000196. The minimum Gasteiger partial charge on any atom is -0.494 e. The van der Waals surface area contributed by atoms with Crippen LogP contribution in [0.3, 0.4) is 0 Å². The summed E-state index contributed by atoms with van der Waals surface area (Å²) in [6.07, 6.45) is 4.43. The van der Waals surface area contributed by atoms with E-state index in [9.17, 15) is 0 Å². The molecule has 0 spiro atoms. The van der Waals surface area contributed by atoms with E-state index >= 15 is 0 Å². The van der Waals surface area contributed by atoms with Crippen LogP contribution in [-0.2, 0) is 12.8 Å². The topological polar surface area (TPSA) is 37.0 Å². The maximum Gasteiger partial charge on any atom is 0.119 e. The van der Waals surface area contributed by atoms with Crippen LogP contribution < -0.4 is 10.1 Å². The number of nitrogens with one attached hydrogen (secondary N) is 2. The number of aromatic amines is 1. The average Bonchev–Trinajstić information content (AvgIpc) is 2.84. The lowest BCUT2D eigenvalue weighted by atomic mass is 9.97. The first kappa shape index (κ1) is 18.8. The van der Waals surface area contributed by atoms with Gasteiger partial charge in [-0.1, -0.05) is 37.6 Å². The highest BCUT2D eigenvalue weighted by atomic mass is 35.5. The molecule has 0 bridgehead atoms. The fourth-order valence-electron chi connectivity index (χ4n) is 3.72. The van der Waals surface area contributed by atoms with Gasteiger partial charge in [0.1, 0.15) is 5.75 Å². The highest BCUT2D eigenvalue weighted by Crippen LogP contribution is 2.34. The molecule has 3 aromatic rings. The van der Waals surface area contributed by atoms with Crippen LogP contribution in [0.1, 0.15) is 31.0 Å². The molecular formula is C22H27ClN2O. The van der Waals surface area contributed by atoms with Crippen LogP contribution in [0, 0.1) is 0 Å². The van der Waals surface area contributed by atoms with Crippen molar-refractivity contribution in [2.45, 2.75) is 32.6 Å². The zero-order valence-electron chi connectivity index (χ0n) is 15.3. The molecule has 2 heterocycles. The molecule has 0 saturated carbocycles. The molecule has 0 amide bonds. The van der Waals surface area contributed by atoms with Crippen LogP contribution in [0.15, 0.2) is 42.5 Å². The van der Waals surface area contributed by atoms with Crippen molar-refractivity contribution >= 4 is 23.3 Å². The van der Waals surface area contributed by atoms with E-state index in [0.29, 0.717) is 0 Å². The first-order valence-electron chi connectivity index (χ1n) is 9.43. The highest BCUT2D eigenvalue weighted by Gasteiger charge is 2.17. The smallest absolute Gasteiger partial charge is 0.119 e. The number of benzene rings is 2. The Kier molecular flexibility index (Phi) is 6.23. The van der Waals surface area contributed by atoms with Gasteiger partial charge in [-0.25, -0.2) is 0 Å². The number of rotatable bonds is 5. The number of aromatic nitrogens is 1. The SMILES string of the molecule is CCCCOc1ccc(-c2cccc3[nH]c4c(c23)CCNCC4)cc1.Cl. The molecule has 1 aromatic heterocycles. The molecule has 4 rings (SSSR count). The summed E-state index contributed by atoms with van der Waals surface area (Å²) in [4.78, 5) is 3.65. The molecule has 0 aliphatic carbocycles. The minimum atomic E-state index is 0. The lowest BCUT2D eigenvalue weighted by Gasteiger charge is -2.09. The Labute approximate surface area is 161 Å². The zero-order valence-corrected chi connectivity index (χ0v) is 16.1. The van der Waals surface area contributed by atoms with Crippen LogP contribution in [0.2, 0.25) is 0 Å². The summed E-state index contributed by atoms with van der Waals surface area (Å²) < 4.78 is 5.80. The Morgan fingerprint density at radius 3 is 2.62 bits per heavy atom. The maximum atomic E-state index is 5.80. The molecule has 0 fully saturated rings. The molecule has 1 aliphatic heterocycles. The van der Waals surface area contributed by atoms with Crippen molar-refractivity contribution < 1.29 is 4.74 Å². The normalized spacial score (nSPS) is 13.7. The minimum absolute atomic E-state index is 0. The van der Waals surface area contributed by atoms with E-state index in [1.165, 1.54) is 33.3 Å². The molecule has 1 aliphatic rings. The second kappa shape index (κ2) is 8.61. The Morgan fingerprint density at radius 2 is 1.81 bits per heavy atom. The third kappa shape index (κ3) is 3.74. The van der Waals surface area contributed by atoms with Crippen LogP contribution >= 0.6 is 12.4 Å². The van der Waals surface area contributed by atoms with Gasteiger partial charge in [0.05, 0.1) is 6.61 Å². The summed E-state index contributed by atoms with van der Waals surface area (Å²) in [6.45, 7) is 5.09. The van der Waals surface area contributed by atoms with E-state index in [1.807, 2.05) is 0 Å². The average molecular weight is 371 g/mol. The maximum absolute atomic E-state index is 5.80. The summed E-state index contributed by atoms with van der Waals surface area (Å²) in [5.41, 5.74) is 6.71. The molecule has 0 unspecified atom stereocenters. The Hall–Kier alpha value is -1.97. The van der Waals surface area contributed by atoms with Crippen molar-refractivity contribution in [3.8, 4) is 16.9 Å². The van der Waals surface area contributed by atoms with Crippen LogP contribution in [0.5, 0.6) is 5.75 Å². The van der Waals surface area contributed by atoms with Crippen molar-refractivity contribution in [1.82, 2.24) is 10.3 Å². The van der Waals surface area contributed by atoms with Crippen molar-refractivity contribution in [1.29, 1.82) is 0 Å². The Bertz CT molecular complexity index is 854. The fourth-order valence-corrected chi connectivity index (χ4v) is 3.72. The number of hydrogen-bond acceptors (Lipinski definition) is 2. The number of fused-ring (bicyclic) bond motifs is 3. The molecule has 3 nitrogen and oxygen atoms in total. The molecule has 0 radical (unpaired) electrons. The number of H-pyrrole nitrogens is 1. The van der Waals surface area contributed by atoms with Crippen molar-refractivity contribution in [3.63, 3.8) is 0 Å². The van der Waals surface area contributed by atoms with Gasteiger partial charge in [0.15, 0.2) is 0 Å². The van der Waals surface area contributed by atoms with Crippen LogP contribution in [0.4, 0.5) is 0 Å². The number of halogens is 1. The van der Waals surface area contributed by atoms with Crippen molar-refractivity contribution in [2.75, 3.05) is 19.7 Å². The largest absolute Gasteiger partial charge is 0.494 e. The van der Waals surface area contributed by atoms with E-state index in [2.05, 4.69) is 59.7 Å². The van der Waals surface area contributed by atoms with Crippen molar-refractivity contribution in [2.24, 2.45) is 0 Å². The van der Waals surface area contributed by atoms with E-state index in [-0.39, 0.29) is 12.4 Å². The molecule has 2 aromatic carbocycles. The first-order valence-corrected chi connectivity index (χ1v) is 9.43. The summed E-state index contributed by atoms with van der Waals surface area (Å²) in [7, 11) is 0. The highest BCUT2D eigenvalue weighted by molar-refractivity contribution is 5.98. The Morgan fingerprint density at radius 1 is 1.00 bits per heavy atom.